The molecule has 1 aromatic carbocycles. The number of halogens is 1. The standard InChI is InChI=1S/C17H19ClN6/c1-2-22-12-21-15-16(22)19-11-20-17(15)24-9-7-23(8-10-24)14-6-4-3-5-13(14)18/h3-6,11-12H,2,7-10H2,1H3. The summed E-state index contributed by atoms with van der Waals surface area (Å²) in [6.45, 7) is 6.53. The Labute approximate surface area is 145 Å². The van der Waals surface area contributed by atoms with Crippen LogP contribution in [-0.2, 0) is 6.54 Å². The van der Waals surface area contributed by atoms with Crippen LogP contribution < -0.4 is 9.80 Å². The van der Waals surface area contributed by atoms with Crippen molar-refractivity contribution < 1.29 is 0 Å². The van der Waals surface area contributed by atoms with Gasteiger partial charge in [-0.2, -0.15) is 0 Å². The van der Waals surface area contributed by atoms with Crippen LogP contribution >= 0.6 is 11.6 Å². The molecular formula is C17H19ClN6. The minimum absolute atomic E-state index is 0.803. The average molecular weight is 343 g/mol. The maximum atomic E-state index is 6.32. The fraction of sp³-hybridized carbons (Fsp3) is 0.353. The van der Waals surface area contributed by atoms with Crippen LogP contribution in [0.1, 0.15) is 6.92 Å². The first-order valence-electron chi connectivity index (χ1n) is 8.18. The Morgan fingerprint density at radius 1 is 1.00 bits per heavy atom. The lowest BCUT2D eigenvalue weighted by Crippen LogP contribution is -2.47. The number of aryl methyl sites for hydroxylation is 1. The van der Waals surface area contributed by atoms with Crippen LogP contribution in [0.3, 0.4) is 0 Å². The molecule has 0 aliphatic carbocycles. The maximum absolute atomic E-state index is 6.32. The zero-order valence-corrected chi connectivity index (χ0v) is 14.3. The van der Waals surface area contributed by atoms with Crippen molar-refractivity contribution in [1.29, 1.82) is 0 Å². The fourth-order valence-corrected chi connectivity index (χ4v) is 3.45. The normalized spacial score (nSPS) is 15.2. The Morgan fingerprint density at radius 2 is 1.75 bits per heavy atom. The van der Waals surface area contributed by atoms with Gasteiger partial charge in [-0.15, -0.1) is 0 Å². The number of aromatic nitrogens is 4. The largest absolute Gasteiger partial charge is 0.367 e. The highest BCUT2D eigenvalue weighted by Crippen LogP contribution is 2.28. The third-order valence-electron chi connectivity index (χ3n) is 4.49. The highest BCUT2D eigenvalue weighted by Gasteiger charge is 2.22. The minimum atomic E-state index is 0.803. The van der Waals surface area contributed by atoms with Crippen LogP contribution in [0.25, 0.3) is 11.2 Å². The first-order chi connectivity index (χ1) is 11.8. The van der Waals surface area contributed by atoms with Crippen LogP contribution in [0.5, 0.6) is 0 Å². The number of rotatable bonds is 3. The monoisotopic (exact) mass is 342 g/mol. The van der Waals surface area contributed by atoms with E-state index < -0.39 is 0 Å². The Balaban J connectivity index is 1.56. The molecule has 24 heavy (non-hydrogen) atoms. The van der Waals surface area contributed by atoms with Gasteiger partial charge in [0.25, 0.3) is 0 Å². The van der Waals surface area contributed by atoms with E-state index in [4.69, 9.17) is 11.6 Å². The number of anilines is 2. The molecule has 1 aliphatic heterocycles. The number of piperazine rings is 1. The lowest BCUT2D eigenvalue weighted by Gasteiger charge is -2.37. The Morgan fingerprint density at radius 3 is 2.50 bits per heavy atom. The van der Waals surface area contributed by atoms with E-state index >= 15 is 0 Å². The predicted molar refractivity (Wildman–Crippen MR) is 96.9 cm³/mol. The summed E-state index contributed by atoms with van der Waals surface area (Å²) in [6, 6.07) is 8.00. The fourth-order valence-electron chi connectivity index (χ4n) is 3.20. The Bertz CT molecular complexity index is 853. The van der Waals surface area contributed by atoms with Crippen molar-refractivity contribution in [3.63, 3.8) is 0 Å². The summed E-state index contributed by atoms with van der Waals surface area (Å²) in [7, 11) is 0. The van der Waals surface area contributed by atoms with Gasteiger partial charge in [-0.3, -0.25) is 0 Å². The van der Waals surface area contributed by atoms with Crippen LogP contribution in [0, 0.1) is 0 Å². The Kier molecular flexibility index (Phi) is 3.98. The van der Waals surface area contributed by atoms with Crippen molar-refractivity contribution in [1.82, 2.24) is 19.5 Å². The average Bonchev–Trinajstić information content (AvgIpc) is 3.05. The number of para-hydroxylation sites is 1. The Hall–Kier alpha value is -2.34. The van der Waals surface area contributed by atoms with Gasteiger partial charge in [0, 0.05) is 32.7 Å². The SMILES string of the molecule is CCn1cnc2c(N3CCN(c4ccccc4Cl)CC3)ncnc21. The van der Waals surface area contributed by atoms with Crippen LogP contribution in [0.2, 0.25) is 5.02 Å². The van der Waals surface area contributed by atoms with Gasteiger partial charge in [-0.25, -0.2) is 15.0 Å². The minimum Gasteiger partial charge on any atom is -0.367 e. The molecule has 0 spiro atoms. The molecule has 6 nitrogen and oxygen atoms in total. The molecule has 2 aromatic heterocycles. The molecule has 4 rings (SSSR count). The molecule has 124 valence electrons. The summed E-state index contributed by atoms with van der Waals surface area (Å²) in [5.41, 5.74) is 2.88. The number of hydrogen-bond donors (Lipinski definition) is 0. The molecule has 3 heterocycles. The molecule has 1 aliphatic rings. The van der Waals surface area contributed by atoms with Gasteiger partial charge in [0.1, 0.15) is 6.33 Å². The summed E-state index contributed by atoms with van der Waals surface area (Å²) < 4.78 is 2.04. The molecule has 0 radical (unpaired) electrons. The summed E-state index contributed by atoms with van der Waals surface area (Å²) in [4.78, 5) is 18.0. The second-order valence-corrected chi connectivity index (χ2v) is 6.23. The van der Waals surface area contributed by atoms with Crippen molar-refractivity contribution in [2.24, 2.45) is 0 Å². The summed E-state index contributed by atoms with van der Waals surface area (Å²) in [5.74, 6) is 0.922. The van der Waals surface area contributed by atoms with Crippen molar-refractivity contribution in [2.45, 2.75) is 13.5 Å². The van der Waals surface area contributed by atoms with Crippen LogP contribution in [0.4, 0.5) is 11.5 Å². The molecule has 0 unspecified atom stereocenters. The highest BCUT2D eigenvalue weighted by molar-refractivity contribution is 6.33. The van der Waals surface area contributed by atoms with Crippen molar-refractivity contribution >= 4 is 34.3 Å². The van der Waals surface area contributed by atoms with E-state index in [-0.39, 0.29) is 0 Å². The van der Waals surface area contributed by atoms with E-state index in [0.29, 0.717) is 0 Å². The van der Waals surface area contributed by atoms with Crippen molar-refractivity contribution in [3.8, 4) is 0 Å². The molecule has 0 bridgehead atoms. The molecule has 1 fully saturated rings. The first-order valence-corrected chi connectivity index (χ1v) is 8.56. The molecular weight excluding hydrogens is 324 g/mol. The number of nitrogens with zero attached hydrogens (tertiary/aromatic N) is 6. The second-order valence-electron chi connectivity index (χ2n) is 5.83. The third kappa shape index (κ3) is 2.57. The second kappa shape index (κ2) is 6.28. The summed E-state index contributed by atoms with van der Waals surface area (Å²) in [5, 5.41) is 0.803. The molecule has 0 saturated carbocycles. The maximum Gasteiger partial charge on any atom is 0.165 e. The molecule has 0 atom stereocenters. The van der Waals surface area contributed by atoms with E-state index in [1.54, 1.807) is 6.33 Å². The quantitative estimate of drug-likeness (QED) is 0.732. The van der Waals surface area contributed by atoms with E-state index in [9.17, 15) is 0 Å². The number of benzene rings is 1. The molecule has 0 N–H and O–H groups in total. The van der Waals surface area contributed by atoms with Gasteiger partial charge in [0.15, 0.2) is 17.0 Å². The van der Waals surface area contributed by atoms with Gasteiger partial charge < -0.3 is 14.4 Å². The first kappa shape index (κ1) is 15.2. The molecule has 3 aromatic rings. The number of imidazole rings is 1. The lowest BCUT2D eigenvalue weighted by atomic mass is 10.2. The number of hydrogen-bond acceptors (Lipinski definition) is 5. The van der Waals surface area contributed by atoms with E-state index in [1.807, 2.05) is 29.1 Å². The van der Waals surface area contributed by atoms with E-state index in [2.05, 4.69) is 37.7 Å². The van der Waals surface area contributed by atoms with Crippen molar-refractivity contribution in [3.05, 3.63) is 41.9 Å². The smallest absolute Gasteiger partial charge is 0.165 e. The van der Waals surface area contributed by atoms with Crippen LogP contribution in [-0.4, -0.2) is 45.7 Å². The molecule has 0 amide bonds. The summed E-state index contributed by atoms with van der Waals surface area (Å²) in [6.07, 6.45) is 3.47. The van der Waals surface area contributed by atoms with Gasteiger partial charge >= 0.3 is 0 Å². The zero-order chi connectivity index (χ0) is 16.5. The third-order valence-corrected chi connectivity index (χ3v) is 4.81. The zero-order valence-electron chi connectivity index (χ0n) is 13.6. The van der Waals surface area contributed by atoms with Gasteiger partial charge in [-0.1, -0.05) is 23.7 Å². The van der Waals surface area contributed by atoms with Gasteiger partial charge in [0.2, 0.25) is 0 Å². The van der Waals surface area contributed by atoms with Crippen molar-refractivity contribution in [2.75, 3.05) is 36.0 Å². The summed E-state index contributed by atoms with van der Waals surface area (Å²) >= 11 is 6.32. The van der Waals surface area contributed by atoms with Gasteiger partial charge in [-0.05, 0) is 19.1 Å². The topological polar surface area (TPSA) is 50.1 Å². The molecule has 7 heteroatoms. The molecule has 1 saturated heterocycles. The van der Waals surface area contributed by atoms with E-state index in [0.717, 1.165) is 60.4 Å². The highest BCUT2D eigenvalue weighted by atomic mass is 35.5. The van der Waals surface area contributed by atoms with Gasteiger partial charge in [0.05, 0.1) is 17.0 Å². The number of fused-ring (bicyclic) bond motifs is 1. The van der Waals surface area contributed by atoms with Crippen LogP contribution in [0.15, 0.2) is 36.9 Å². The van der Waals surface area contributed by atoms with E-state index in [1.165, 1.54) is 0 Å². The lowest BCUT2D eigenvalue weighted by molar-refractivity contribution is 0.648. The predicted octanol–water partition coefficient (Wildman–Crippen LogP) is 2.83.